The van der Waals surface area contributed by atoms with Gasteiger partial charge in [0.25, 0.3) is 11.5 Å². The summed E-state index contributed by atoms with van der Waals surface area (Å²) < 4.78 is 1.39. The largest absolute Gasteiger partial charge is 0.306 e. The van der Waals surface area contributed by atoms with Gasteiger partial charge in [-0.15, -0.1) is 11.3 Å². The van der Waals surface area contributed by atoms with Crippen molar-refractivity contribution in [1.29, 1.82) is 5.26 Å². The molecule has 0 aliphatic rings. The van der Waals surface area contributed by atoms with Gasteiger partial charge in [-0.25, -0.2) is 4.98 Å². The number of hydrogen-bond acceptors (Lipinski definition) is 6. The van der Waals surface area contributed by atoms with Crippen molar-refractivity contribution in [3.63, 3.8) is 0 Å². The van der Waals surface area contributed by atoms with E-state index in [1.807, 2.05) is 23.6 Å². The minimum Gasteiger partial charge on any atom is -0.306 e. The van der Waals surface area contributed by atoms with Gasteiger partial charge >= 0.3 is 0 Å². The number of thiophene rings is 1. The van der Waals surface area contributed by atoms with Crippen molar-refractivity contribution in [1.82, 2.24) is 19.7 Å². The van der Waals surface area contributed by atoms with Crippen LogP contribution in [0.1, 0.15) is 21.6 Å². The Hall–Kier alpha value is -4.03. The second-order valence-electron chi connectivity index (χ2n) is 6.16. The Labute approximate surface area is 169 Å². The molecule has 2 N–H and O–H groups in total. The molecule has 0 fully saturated rings. The number of aromatic amines is 1. The van der Waals surface area contributed by atoms with Crippen molar-refractivity contribution >= 4 is 23.1 Å². The highest BCUT2D eigenvalue weighted by Crippen LogP contribution is 2.27. The van der Waals surface area contributed by atoms with Crippen molar-refractivity contribution in [2.75, 3.05) is 5.32 Å². The summed E-state index contributed by atoms with van der Waals surface area (Å²) in [6.45, 7) is 1.71. The Bertz CT molecular complexity index is 1280. The Kier molecular flexibility index (Phi) is 4.76. The van der Waals surface area contributed by atoms with Crippen LogP contribution in [-0.4, -0.2) is 25.7 Å². The lowest BCUT2D eigenvalue weighted by Gasteiger charge is -2.08. The summed E-state index contributed by atoms with van der Waals surface area (Å²) in [6.07, 6.45) is 0. The lowest BCUT2D eigenvalue weighted by Crippen LogP contribution is -2.18. The molecule has 142 valence electrons. The standard InChI is InChI=1S/C20H14N6O2S/c1-12-9-18(27)24-20(22-12)26-17(10-15(25-26)16-3-2-8-29-16)23-19(28)14-6-4-13(11-21)5-7-14/h2-10H,1H3,(H,23,28)(H,22,24,27). The molecule has 0 spiro atoms. The fourth-order valence-corrected chi connectivity index (χ4v) is 3.41. The van der Waals surface area contributed by atoms with E-state index in [0.717, 1.165) is 4.88 Å². The van der Waals surface area contributed by atoms with Crippen molar-refractivity contribution < 1.29 is 4.79 Å². The molecule has 4 aromatic rings. The first-order chi connectivity index (χ1) is 14.0. The van der Waals surface area contributed by atoms with Crippen molar-refractivity contribution in [3.05, 3.63) is 81.1 Å². The van der Waals surface area contributed by atoms with Crippen LogP contribution in [-0.2, 0) is 0 Å². The molecule has 0 bridgehead atoms. The van der Waals surface area contributed by atoms with E-state index in [0.29, 0.717) is 28.3 Å². The van der Waals surface area contributed by atoms with Gasteiger partial charge in [0.2, 0.25) is 5.95 Å². The molecular formula is C20H14N6O2S. The normalized spacial score (nSPS) is 10.5. The van der Waals surface area contributed by atoms with Gasteiger partial charge < -0.3 is 5.32 Å². The lowest BCUT2D eigenvalue weighted by atomic mass is 10.1. The van der Waals surface area contributed by atoms with E-state index in [2.05, 4.69) is 20.4 Å². The first-order valence-electron chi connectivity index (χ1n) is 8.57. The molecule has 0 aliphatic heterocycles. The average Bonchev–Trinajstić information content (AvgIpc) is 3.37. The zero-order chi connectivity index (χ0) is 20.4. The number of carbonyl (C=O) groups is 1. The molecule has 4 rings (SSSR count). The maximum atomic E-state index is 12.7. The van der Waals surface area contributed by atoms with Gasteiger partial charge in [-0.1, -0.05) is 6.07 Å². The van der Waals surface area contributed by atoms with Gasteiger partial charge in [0, 0.05) is 23.4 Å². The van der Waals surface area contributed by atoms with E-state index < -0.39 is 0 Å². The van der Waals surface area contributed by atoms with E-state index in [-0.39, 0.29) is 17.4 Å². The summed E-state index contributed by atoms with van der Waals surface area (Å²) in [5.74, 6) is 0.188. The molecule has 0 saturated carbocycles. The quantitative estimate of drug-likeness (QED) is 0.544. The molecule has 3 aromatic heterocycles. The van der Waals surface area contributed by atoms with Crippen LogP contribution in [0.15, 0.2) is 58.7 Å². The highest BCUT2D eigenvalue weighted by Gasteiger charge is 2.17. The number of hydrogen-bond donors (Lipinski definition) is 2. The SMILES string of the molecule is Cc1cc(=O)[nH]c(-n2nc(-c3cccs3)cc2NC(=O)c2ccc(C#N)cc2)n1. The van der Waals surface area contributed by atoms with Crippen molar-refractivity contribution in [2.45, 2.75) is 6.92 Å². The molecule has 0 saturated heterocycles. The second kappa shape index (κ2) is 7.53. The van der Waals surface area contributed by atoms with Crippen LogP contribution in [0.4, 0.5) is 5.82 Å². The number of aromatic nitrogens is 4. The van der Waals surface area contributed by atoms with Crippen molar-refractivity contribution in [2.24, 2.45) is 0 Å². The number of nitrogens with one attached hydrogen (secondary N) is 2. The Balaban J connectivity index is 1.75. The zero-order valence-electron chi connectivity index (χ0n) is 15.2. The van der Waals surface area contributed by atoms with Crippen LogP contribution in [0, 0.1) is 18.3 Å². The number of rotatable bonds is 4. The summed E-state index contributed by atoms with van der Waals surface area (Å²) in [7, 11) is 0. The third-order valence-corrected chi connectivity index (χ3v) is 4.95. The maximum Gasteiger partial charge on any atom is 0.256 e. The van der Waals surface area contributed by atoms with Crippen LogP contribution < -0.4 is 10.9 Å². The van der Waals surface area contributed by atoms with Crippen LogP contribution in [0.3, 0.4) is 0 Å². The molecule has 0 aliphatic carbocycles. The zero-order valence-corrected chi connectivity index (χ0v) is 16.0. The number of anilines is 1. The van der Waals surface area contributed by atoms with Gasteiger partial charge in [0.1, 0.15) is 11.5 Å². The minimum atomic E-state index is -0.372. The van der Waals surface area contributed by atoms with Crippen LogP contribution in [0.5, 0.6) is 0 Å². The lowest BCUT2D eigenvalue weighted by molar-refractivity contribution is 0.102. The Morgan fingerprint density at radius 1 is 1.24 bits per heavy atom. The first kappa shape index (κ1) is 18.3. The molecule has 0 unspecified atom stereocenters. The fourth-order valence-electron chi connectivity index (χ4n) is 2.72. The van der Waals surface area contributed by atoms with E-state index >= 15 is 0 Å². The summed E-state index contributed by atoms with van der Waals surface area (Å²) in [6, 6.07) is 15.2. The third-order valence-electron chi connectivity index (χ3n) is 4.06. The van der Waals surface area contributed by atoms with Gasteiger partial charge in [-0.2, -0.15) is 15.0 Å². The predicted molar refractivity (Wildman–Crippen MR) is 109 cm³/mol. The number of carbonyl (C=O) groups excluding carboxylic acids is 1. The Morgan fingerprint density at radius 2 is 2.03 bits per heavy atom. The maximum absolute atomic E-state index is 12.7. The van der Waals surface area contributed by atoms with Crippen LogP contribution >= 0.6 is 11.3 Å². The summed E-state index contributed by atoms with van der Waals surface area (Å²) in [5, 5.41) is 18.2. The number of amides is 1. The van der Waals surface area contributed by atoms with E-state index in [4.69, 9.17) is 5.26 Å². The molecule has 1 aromatic carbocycles. The molecule has 8 nitrogen and oxygen atoms in total. The van der Waals surface area contributed by atoms with Crippen LogP contribution in [0.2, 0.25) is 0 Å². The van der Waals surface area contributed by atoms with Gasteiger partial charge in [-0.05, 0) is 42.6 Å². The third kappa shape index (κ3) is 3.83. The summed E-state index contributed by atoms with van der Waals surface area (Å²) >= 11 is 1.51. The molecule has 29 heavy (non-hydrogen) atoms. The molecule has 1 amide bonds. The number of nitrogens with zero attached hydrogens (tertiary/aromatic N) is 4. The molecule has 3 heterocycles. The van der Waals surface area contributed by atoms with Crippen molar-refractivity contribution in [3.8, 4) is 22.6 Å². The van der Waals surface area contributed by atoms with E-state index in [9.17, 15) is 9.59 Å². The van der Waals surface area contributed by atoms with Gasteiger partial charge in [-0.3, -0.25) is 14.6 Å². The predicted octanol–water partition coefficient (Wildman–Crippen LogP) is 3.12. The number of H-pyrrole nitrogens is 1. The highest BCUT2D eigenvalue weighted by atomic mass is 32.1. The van der Waals surface area contributed by atoms with Gasteiger partial charge in [0.05, 0.1) is 16.5 Å². The number of benzene rings is 1. The fraction of sp³-hybridized carbons (Fsp3) is 0.0500. The van der Waals surface area contributed by atoms with Crippen LogP contribution in [0.25, 0.3) is 16.5 Å². The minimum absolute atomic E-state index is 0.202. The van der Waals surface area contributed by atoms with Gasteiger partial charge in [0.15, 0.2) is 0 Å². The highest BCUT2D eigenvalue weighted by molar-refractivity contribution is 7.13. The van der Waals surface area contributed by atoms with E-state index in [1.54, 1.807) is 37.3 Å². The van der Waals surface area contributed by atoms with E-state index in [1.165, 1.54) is 22.1 Å². The molecule has 9 heteroatoms. The number of nitriles is 1. The number of aryl methyl sites for hydroxylation is 1. The first-order valence-corrected chi connectivity index (χ1v) is 9.45. The second-order valence-corrected chi connectivity index (χ2v) is 7.11. The average molecular weight is 402 g/mol. The monoisotopic (exact) mass is 402 g/mol. The molecule has 0 atom stereocenters. The summed E-state index contributed by atoms with van der Waals surface area (Å²) in [5.41, 5.74) is 1.71. The molecular weight excluding hydrogens is 388 g/mol. The topological polar surface area (TPSA) is 116 Å². The molecule has 0 radical (unpaired) electrons. The summed E-state index contributed by atoms with van der Waals surface area (Å²) in [4.78, 5) is 32.5. The smallest absolute Gasteiger partial charge is 0.256 e. The Morgan fingerprint density at radius 3 is 2.69 bits per heavy atom.